The minimum atomic E-state index is -0.232. The molecule has 3 aliphatic rings. The van der Waals surface area contributed by atoms with E-state index in [0.717, 1.165) is 44.7 Å². The van der Waals surface area contributed by atoms with E-state index in [1.165, 1.54) is 12.8 Å². The van der Waals surface area contributed by atoms with E-state index in [4.69, 9.17) is 9.47 Å². The minimum absolute atomic E-state index is 0.0693. The monoisotopic (exact) mass is 486 g/mol. The van der Waals surface area contributed by atoms with Gasteiger partial charge in [0.2, 0.25) is 0 Å². The first-order valence-corrected chi connectivity index (χ1v) is 13.2. The van der Waals surface area contributed by atoms with Gasteiger partial charge in [-0.05, 0) is 62.6 Å². The second-order valence-corrected chi connectivity index (χ2v) is 10.8. The van der Waals surface area contributed by atoms with Crippen molar-refractivity contribution in [3.8, 4) is 5.75 Å². The summed E-state index contributed by atoms with van der Waals surface area (Å²) in [5.74, 6) is 1.45. The Morgan fingerprint density at radius 3 is 2.57 bits per heavy atom. The first-order chi connectivity index (χ1) is 16.8. The van der Waals surface area contributed by atoms with E-state index in [1.807, 2.05) is 0 Å². The predicted molar refractivity (Wildman–Crippen MR) is 137 cm³/mol. The van der Waals surface area contributed by atoms with Gasteiger partial charge in [-0.1, -0.05) is 19.8 Å². The van der Waals surface area contributed by atoms with Gasteiger partial charge in [-0.3, -0.25) is 9.69 Å². The molecule has 0 unspecified atom stereocenters. The molecule has 1 aliphatic heterocycles. The van der Waals surface area contributed by atoms with Crippen LogP contribution in [0.3, 0.4) is 0 Å². The summed E-state index contributed by atoms with van der Waals surface area (Å²) in [5.41, 5.74) is 1.03. The lowest BCUT2D eigenvalue weighted by Gasteiger charge is -2.36. The summed E-state index contributed by atoms with van der Waals surface area (Å²) < 4.78 is 12.1. The Hall–Kier alpha value is -2.32. The molecule has 2 aliphatic carbocycles. The van der Waals surface area contributed by atoms with Gasteiger partial charge in [0.25, 0.3) is 5.91 Å². The molecule has 3 atom stereocenters. The lowest BCUT2D eigenvalue weighted by atomic mass is 10.0. The molecule has 8 nitrogen and oxygen atoms in total. The van der Waals surface area contributed by atoms with Crippen LogP contribution in [0.2, 0.25) is 0 Å². The molecule has 1 heterocycles. The Kier molecular flexibility index (Phi) is 8.55. The smallest absolute Gasteiger partial charge is 0.319 e. The van der Waals surface area contributed by atoms with Crippen LogP contribution in [-0.2, 0) is 4.74 Å². The third-order valence-corrected chi connectivity index (χ3v) is 7.71. The van der Waals surface area contributed by atoms with Gasteiger partial charge < -0.3 is 25.0 Å². The van der Waals surface area contributed by atoms with Gasteiger partial charge in [0, 0.05) is 51.6 Å². The molecule has 2 N–H and O–H groups in total. The molecule has 194 valence electrons. The summed E-state index contributed by atoms with van der Waals surface area (Å²) in [7, 11) is 3.52. The maximum atomic E-state index is 13.5. The van der Waals surface area contributed by atoms with Crippen LogP contribution < -0.4 is 15.4 Å². The highest BCUT2D eigenvalue weighted by molar-refractivity contribution is 5.99. The van der Waals surface area contributed by atoms with Crippen LogP contribution in [0, 0.1) is 11.8 Å². The molecule has 3 amide bonds. The highest BCUT2D eigenvalue weighted by Gasteiger charge is 2.31. The molecule has 0 aromatic heterocycles. The Morgan fingerprint density at radius 1 is 1.14 bits per heavy atom. The van der Waals surface area contributed by atoms with Crippen molar-refractivity contribution < 1.29 is 19.1 Å². The fourth-order valence-electron chi connectivity index (χ4n) is 5.24. The van der Waals surface area contributed by atoms with Gasteiger partial charge in [0.15, 0.2) is 0 Å². The van der Waals surface area contributed by atoms with Crippen LogP contribution in [0.25, 0.3) is 0 Å². The van der Waals surface area contributed by atoms with Crippen molar-refractivity contribution in [2.45, 2.75) is 70.6 Å². The molecule has 35 heavy (non-hydrogen) atoms. The molecule has 1 aromatic carbocycles. The largest absolute Gasteiger partial charge is 0.491 e. The Labute approximate surface area is 209 Å². The van der Waals surface area contributed by atoms with Crippen molar-refractivity contribution in [3.63, 3.8) is 0 Å². The van der Waals surface area contributed by atoms with Gasteiger partial charge in [-0.2, -0.15) is 0 Å². The number of hydrogen-bond donors (Lipinski definition) is 2. The molecule has 0 radical (unpaired) electrons. The number of anilines is 1. The summed E-state index contributed by atoms with van der Waals surface area (Å²) in [6, 6.07) is 5.54. The zero-order valence-corrected chi connectivity index (χ0v) is 21.7. The van der Waals surface area contributed by atoms with E-state index in [1.54, 1.807) is 37.3 Å². The number of ether oxygens (including phenoxy) is 2. The number of benzene rings is 1. The number of urea groups is 1. The molecule has 8 heteroatoms. The molecular formula is C27H42N4O4. The maximum absolute atomic E-state index is 13.5. The average Bonchev–Trinajstić information content (AvgIpc) is 3.51. The second-order valence-electron chi connectivity index (χ2n) is 10.8. The summed E-state index contributed by atoms with van der Waals surface area (Å²) in [6.45, 7) is 7.36. The van der Waals surface area contributed by atoms with Crippen LogP contribution in [0.15, 0.2) is 18.2 Å². The van der Waals surface area contributed by atoms with Crippen molar-refractivity contribution in [2.24, 2.45) is 11.8 Å². The van der Waals surface area contributed by atoms with Crippen molar-refractivity contribution in [1.29, 1.82) is 0 Å². The molecular weight excluding hydrogens is 444 g/mol. The van der Waals surface area contributed by atoms with E-state index in [2.05, 4.69) is 29.4 Å². The molecule has 2 fully saturated rings. The van der Waals surface area contributed by atoms with E-state index in [9.17, 15) is 9.59 Å². The Bertz CT molecular complexity index is 884. The third kappa shape index (κ3) is 6.88. The van der Waals surface area contributed by atoms with Gasteiger partial charge in [-0.25, -0.2) is 4.79 Å². The van der Waals surface area contributed by atoms with Crippen molar-refractivity contribution in [3.05, 3.63) is 23.8 Å². The van der Waals surface area contributed by atoms with E-state index in [0.29, 0.717) is 30.2 Å². The first-order valence-electron chi connectivity index (χ1n) is 13.2. The van der Waals surface area contributed by atoms with Crippen LogP contribution in [-0.4, -0.2) is 80.3 Å². The minimum Gasteiger partial charge on any atom is -0.491 e. The number of hydrogen-bond acceptors (Lipinski definition) is 5. The zero-order valence-electron chi connectivity index (χ0n) is 21.7. The molecule has 4 rings (SSSR count). The number of nitrogens with zero attached hydrogens (tertiary/aromatic N) is 2. The summed E-state index contributed by atoms with van der Waals surface area (Å²) in [5, 5.41) is 5.94. The number of nitrogens with one attached hydrogen (secondary N) is 2. The predicted octanol–water partition coefficient (Wildman–Crippen LogP) is 3.97. The SMILES string of the molecule is CO[C@H]1CN(C)C(=O)c2cc(NC(=O)NC3CCCC3)ccc2OC[C@@H](C)N(CC2CC2)C[C@H]1C. The molecule has 1 aromatic rings. The van der Waals surface area contributed by atoms with Crippen molar-refractivity contribution in [2.75, 3.05) is 45.7 Å². The van der Waals surface area contributed by atoms with E-state index in [-0.39, 0.29) is 36.0 Å². The number of amides is 3. The fraction of sp³-hybridized carbons (Fsp3) is 0.704. The van der Waals surface area contributed by atoms with Gasteiger partial charge in [0.1, 0.15) is 12.4 Å². The molecule has 0 bridgehead atoms. The van der Waals surface area contributed by atoms with Gasteiger partial charge in [-0.15, -0.1) is 0 Å². The number of fused-ring (bicyclic) bond motifs is 1. The average molecular weight is 487 g/mol. The zero-order chi connectivity index (χ0) is 24.9. The van der Waals surface area contributed by atoms with E-state index >= 15 is 0 Å². The third-order valence-electron chi connectivity index (χ3n) is 7.71. The molecule has 2 saturated carbocycles. The first kappa shape index (κ1) is 25.8. The van der Waals surface area contributed by atoms with Crippen LogP contribution in [0.1, 0.15) is 62.7 Å². The highest BCUT2D eigenvalue weighted by Crippen LogP contribution is 2.32. The number of rotatable bonds is 5. The number of carbonyl (C=O) groups is 2. The normalized spacial score (nSPS) is 26.9. The highest BCUT2D eigenvalue weighted by atomic mass is 16.5. The number of carbonyl (C=O) groups excluding carboxylic acids is 2. The van der Waals surface area contributed by atoms with Crippen molar-refractivity contribution in [1.82, 2.24) is 15.1 Å². The number of methoxy groups -OCH3 is 1. The van der Waals surface area contributed by atoms with Crippen LogP contribution in [0.5, 0.6) is 5.75 Å². The standard InChI is InChI=1S/C27H42N4O4/c1-18-14-31(15-20-9-10-20)19(2)17-35-24-12-11-22(29-27(33)28-21-7-5-6-8-21)13-23(24)26(32)30(3)16-25(18)34-4/h11-13,18-21,25H,5-10,14-17H2,1-4H3,(H2,28,29,33)/t18-,19-,25+/m1/s1. The number of likely N-dealkylation sites (N-methyl/N-ethyl adjacent to an activating group) is 1. The van der Waals surface area contributed by atoms with Gasteiger partial charge >= 0.3 is 6.03 Å². The van der Waals surface area contributed by atoms with Crippen molar-refractivity contribution >= 4 is 17.6 Å². The quantitative estimate of drug-likeness (QED) is 0.658. The van der Waals surface area contributed by atoms with Crippen LogP contribution >= 0.6 is 0 Å². The lowest BCUT2D eigenvalue weighted by molar-refractivity contribution is 0.00994. The summed E-state index contributed by atoms with van der Waals surface area (Å²) in [4.78, 5) is 30.2. The Balaban J connectivity index is 1.54. The van der Waals surface area contributed by atoms with E-state index < -0.39 is 0 Å². The summed E-state index contributed by atoms with van der Waals surface area (Å²) >= 11 is 0. The topological polar surface area (TPSA) is 83.1 Å². The van der Waals surface area contributed by atoms with Gasteiger partial charge in [0.05, 0.1) is 11.7 Å². The van der Waals surface area contributed by atoms with Crippen LogP contribution in [0.4, 0.5) is 10.5 Å². The lowest BCUT2D eigenvalue weighted by Crippen LogP contribution is -2.47. The second kappa shape index (κ2) is 11.6. The molecule has 0 spiro atoms. The maximum Gasteiger partial charge on any atom is 0.319 e. The fourth-order valence-corrected chi connectivity index (χ4v) is 5.24. The Morgan fingerprint density at radius 2 is 1.89 bits per heavy atom. The summed E-state index contributed by atoms with van der Waals surface area (Å²) in [6.07, 6.45) is 6.87. The molecule has 0 saturated heterocycles.